The second-order valence-corrected chi connectivity index (χ2v) is 7.68. The van der Waals surface area contributed by atoms with Crippen LogP contribution in [0.2, 0.25) is 5.02 Å². The van der Waals surface area contributed by atoms with E-state index in [-0.39, 0.29) is 11.9 Å². The van der Waals surface area contributed by atoms with Crippen molar-refractivity contribution in [2.75, 3.05) is 32.8 Å². The Hall–Kier alpha value is -1.89. The summed E-state index contributed by atoms with van der Waals surface area (Å²) in [6, 6.07) is 9.63. The van der Waals surface area contributed by atoms with E-state index in [1.807, 2.05) is 30.3 Å². The van der Waals surface area contributed by atoms with Gasteiger partial charge in [-0.2, -0.15) is 5.10 Å². The van der Waals surface area contributed by atoms with Crippen LogP contribution in [0.1, 0.15) is 41.6 Å². The van der Waals surface area contributed by atoms with Crippen molar-refractivity contribution in [1.82, 2.24) is 20.4 Å². The second-order valence-electron chi connectivity index (χ2n) is 7.27. The molecule has 1 atom stereocenters. The van der Waals surface area contributed by atoms with Crippen LogP contribution in [0.25, 0.3) is 0 Å². The van der Waals surface area contributed by atoms with Crippen molar-refractivity contribution in [3.63, 3.8) is 0 Å². The summed E-state index contributed by atoms with van der Waals surface area (Å²) in [6.07, 6.45) is 0.871. The van der Waals surface area contributed by atoms with Crippen LogP contribution >= 0.6 is 11.6 Å². The number of aromatic nitrogens is 2. The van der Waals surface area contributed by atoms with Crippen molar-refractivity contribution in [3.8, 4) is 0 Å². The molecule has 1 unspecified atom stereocenters. The average Bonchev–Trinajstić information content (AvgIpc) is 3.12. The zero-order valence-electron chi connectivity index (χ0n) is 15.9. The van der Waals surface area contributed by atoms with Crippen LogP contribution in [-0.2, 0) is 11.2 Å². The molecule has 27 heavy (non-hydrogen) atoms. The van der Waals surface area contributed by atoms with Crippen molar-refractivity contribution >= 4 is 17.5 Å². The highest BCUT2D eigenvalue weighted by molar-refractivity contribution is 6.31. The lowest BCUT2D eigenvalue weighted by molar-refractivity contribution is 0.0162. The lowest BCUT2D eigenvalue weighted by Crippen LogP contribution is -2.44. The SMILES string of the molecule is CC(C)Cc1cc(C(=O)NCC(c2ccccc2Cl)N2CCOCC2)n[nH]1. The Morgan fingerprint density at radius 3 is 2.78 bits per heavy atom. The highest BCUT2D eigenvalue weighted by Crippen LogP contribution is 2.27. The van der Waals surface area contributed by atoms with E-state index in [0.717, 1.165) is 30.8 Å². The Morgan fingerprint density at radius 1 is 1.33 bits per heavy atom. The number of ether oxygens (including phenoxy) is 1. The van der Waals surface area contributed by atoms with Gasteiger partial charge in [-0.25, -0.2) is 0 Å². The predicted molar refractivity (Wildman–Crippen MR) is 106 cm³/mol. The molecular weight excluding hydrogens is 364 g/mol. The van der Waals surface area contributed by atoms with Gasteiger partial charge in [-0.1, -0.05) is 43.6 Å². The molecule has 1 saturated heterocycles. The standard InChI is InChI=1S/C20H27ClN4O2/c1-14(2)11-15-12-18(24-23-15)20(26)22-13-19(25-7-9-27-10-8-25)16-5-3-4-6-17(16)21/h3-6,12,14,19H,7-11,13H2,1-2H3,(H,22,26)(H,23,24). The molecule has 7 heteroatoms. The number of nitrogens with one attached hydrogen (secondary N) is 2. The lowest BCUT2D eigenvalue weighted by Gasteiger charge is -2.35. The summed E-state index contributed by atoms with van der Waals surface area (Å²) in [5.74, 6) is 0.332. The van der Waals surface area contributed by atoms with Gasteiger partial charge in [-0.05, 0) is 30.0 Å². The molecule has 146 valence electrons. The average molecular weight is 391 g/mol. The molecule has 2 N–H and O–H groups in total. The fourth-order valence-electron chi connectivity index (χ4n) is 3.37. The molecule has 0 saturated carbocycles. The molecule has 3 rings (SSSR count). The smallest absolute Gasteiger partial charge is 0.271 e. The summed E-state index contributed by atoms with van der Waals surface area (Å²) in [5.41, 5.74) is 2.42. The number of hydrogen-bond donors (Lipinski definition) is 2. The van der Waals surface area contributed by atoms with Crippen LogP contribution in [0.3, 0.4) is 0 Å². The number of amides is 1. The topological polar surface area (TPSA) is 70.2 Å². The number of hydrogen-bond acceptors (Lipinski definition) is 4. The maximum atomic E-state index is 12.6. The van der Waals surface area contributed by atoms with Crippen LogP contribution in [0.4, 0.5) is 0 Å². The fraction of sp³-hybridized carbons (Fsp3) is 0.500. The molecule has 1 fully saturated rings. The van der Waals surface area contributed by atoms with Crippen molar-refractivity contribution in [2.45, 2.75) is 26.3 Å². The van der Waals surface area contributed by atoms with Crippen LogP contribution in [-0.4, -0.2) is 53.9 Å². The summed E-state index contributed by atoms with van der Waals surface area (Å²) in [7, 11) is 0. The molecule has 0 aliphatic carbocycles. The first-order valence-electron chi connectivity index (χ1n) is 9.43. The van der Waals surface area contributed by atoms with Gasteiger partial charge in [-0.15, -0.1) is 0 Å². The molecule has 1 amide bonds. The van der Waals surface area contributed by atoms with E-state index in [1.54, 1.807) is 0 Å². The molecule has 0 spiro atoms. The number of aromatic amines is 1. The summed E-state index contributed by atoms with van der Waals surface area (Å²) >= 11 is 6.43. The number of benzene rings is 1. The van der Waals surface area contributed by atoms with Gasteiger partial charge in [0.15, 0.2) is 0 Å². The minimum absolute atomic E-state index is 0.000580. The molecule has 0 radical (unpaired) electrons. The Labute approximate surface area is 165 Å². The minimum atomic E-state index is -0.174. The van der Waals surface area contributed by atoms with E-state index in [1.165, 1.54) is 0 Å². The number of nitrogens with zero attached hydrogens (tertiary/aromatic N) is 2. The third-order valence-electron chi connectivity index (χ3n) is 4.70. The fourth-order valence-corrected chi connectivity index (χ4v) is 3.63. The number of H-pyrrole nitrogens is 1. The highest BCUT2D eigenvalue weighted by atomic mass is 35.5. The highest BCUT2D eigenvalue weighted by Gasteiger charge is 2.25. The lowest BCUT2D eigenvalue weighted by atomic mass is 10.0. The number of carbonyl (C=O) groups is 1. The molecule has 6 nitrogen and oxygen atoms in total. The zero-order chi connectivity index (χ0) is 19.2. The van der Waals surface area contributed by atoms with Crippen molar-refractivity contribution < 1.29 is 9.53 Å². The molecule has 1 aliphatic heterocycles. The molecule has 1 aromatic heterocycles. The van der Waals surface area contributed by atoms with Crippen LogP contribution in [0.15, 0.2) is 30.3 Å². The van der Waals surface area contributed by atoms with E-state index in [2.05, 4.69) is 34.3 Å². The van der Waals surface area contributed by atoms with E-state index in [9.17, 15) is 4.79 Å². The molecule has 0 bridgehead atoms. The van der Waals surface area contributed by atoms with Gasteiger partial charge in [0.2, 0.25) is 0 Å². The van der Waals surface area contributed by atoms with E-state index in [0.29, 0.717) is 36.4 Å². The first-order valence-corrected chi connectivity index (χ1v) is 9.81. The molecule has 1 aliphatic rings. The number of rotatable bonds is 7. The summed E-state index contributed by atoms with van der Waals surface area (Å²) in [4.78, 5) is 14.9. The van der Waals surface area contributed by atoms with Gasteiger partial charge in [0.05, 0.1) is 19.3 Å². The number of carbonyl (C=O) groups excluding carboxylic acids is 1. The van der Waals surface area contributed by atoms with E-state index < -0.39 is 0 Å². The molecule has 1 aromatic carbocycles. The van der Waals surface area contributed by atoms with Crippen molar-refractivity contribution in [3.05, 3.63) is 52.3 Å². The molecular formula is C20H27ClN4O2. The molecule has 2 heterocycles. The van der Waals surface area contributed by atoms with Crippen LogP contribution in [0.5, 0.6) is 0 Å². The Bertz CT molecular complexity index is 756. The van der Waals surface area contributed by atoms with Gasteiger partial charge in [0.25, 0.3) is 5.91 Å². The Kier molecular flexibility index (Phi) is 6.88. The first kappa shape index (κ1) is 19.9. The largest absolute Gasteiger partial charge is 0.379 e. The summed E-state index contributed by atoms with van der Waals surface area (Å²) in [5, 5.41) is 10.8. The number of morpholine rings is 1. The quantitative estimate of drug-likeness (QED) is 0.762. The Morgan fingerprint density at radius 2 is 2.07 bits per heavy atom. The monoisotopic (exact) mass is 390 g/mol. The van der Waals surface area contributed by atoms with E-state index in [4.69, 9.17) is 16.3 Å². The van der Waals surface area contributed by atoms with E-state index >= 15 is 0 Å². The summed E-state index contributed by atoms with van der Waals surface area (Å²) < 4.78 is 5.47. The van der Waals surface area contributed by atoms with Gasteiger partial charge in [-0.3, -0.25) is 14.8 Å². The maximum absolute atomic E-state index is 12.6. The van der Waals surface area contributed by atoms with Crippen molar-refractivity contribution in [2.24, 2.45) is 5.92 Å². The Balaban J connectivity index is 1.69. The third kappa shape index (κ3) is 5.31. The van der Waals surface area contributed by atoms with Gasteiger partial charge in [0.1, 0.15) is 5.69 Å². The minimum Gasteiger partial charge on any atom is -0.379 e. The normalized spacial score (nSPS) is 16.4. The van der Waals surface area contributed by atoms with Gasteiger partial charge in [0, 0.05) is 30.4 Å². The van der Waals surface area contributed by atoms with Gasteiger partial charge >= 0.3 is 0 Å². The zero-order valence-corrected chi connectivity index (χ0v) is 16.6. The second kappa shape index (κ2) is 9.35. The van der Waals surface area contributed by atoms with Crippen LogP contribution < -0.4 is 5.32 Å². The third-order valence-corrected chi connectivity index (χ3v) is 5.04. The molecule has 2 aromatic rings. The van der Waals surface area contributed by atoms with Gasteiger partial charge < -0.3 is 10.1 Å². The first-order chi connectivity index (χ1) is 13.0. The number of halogens is 1. The van der Waals surface area contributed by atoms with Crippen LogP contribution in [0, 0.1) is 5.92 Å². The predicted octanol–water partition coefficient (Wildman–Crippen LogP) is 3.06. The maximum Gasteiger partial charge on any atom is 0.271 e. The summed E-state index contributed by atoms with van der Waals surface area (Å²) in [6.45, 7) is 7.74. The van der Waals surface area contributed by atoms with Crippen molar-refractivity contribution in [1.29, 1.82) is 0 Å².